The molecule has 5 heterocycles. The highest BCUT2D eigenvalue weighted by molar-refractivity contribution is 6.31. The number of halogens is 4. The topological polar surface area (TPSA) is 107 Å². The summed E-state index contributed by atoms with van der Waals surface area (Å²) in [5.41, 5.74) is 3.52. The Morgan fingerprint density at radius 2 is 1.98 bits per heavy atom. The Hall–Kier alpha value is -4.71. The number of rotatable bonds is 5. The maximum Gasteiger partial charge on any atom is 0.283 e. The van der Waals surface area contributed by atoms with Crippen LogP contribution in [0.15, 0.2) is 64.0 Å². The normalized spacial score (nSPS) is 19.0. The summed E-state index contributed by atoms with van der Waals surface area (Å²) in [6, 6.07) is 13.1. The van der Waals surface area contributed by atoms with Gasteiger partial charge in [0.25, 0.3) is 12.0 Å². The van der Waals surface area contributed by atoms with Gasteiger partial charge in [-0.05, 0) is 61.2 Å². The highest BCUT2D eigenvalue weighted by Gasteiger charge is 2.54. The van der Waals surface area contributed by atoms with Crippen LogP contribution < -0.4 is 5.56 Å². The SMILES string of the molecule is Cc1noc2cc(-c3nc(C4C5CC5c5cc(-c6cc(Cl)ccc6-n6cc(C(F)F)nn6)cc(=O)n54)[nH]c3F)ccc12. The zero-order valence-corrected chi connectivity index (χ0v) is 22.5. The first-order valence-corrected chi connectivity index (χ1v) is 13.5. The Morgan fingerprint density at radius 3 is 2.79 bits per heavy atom. The number of hydrogen-bond acceptors (Lipinski definition) is 6. The number of benzene rings is 2. The average Bonchev–Trinajstić information content (AvgIpc) is 3.30. The van der Waals surface area contributed by atoms with E-state index >= 15 is 4.39 Å². The number of aromatic nitrogens is 7. The van der Waals surface area contributed by atoms with Gasteiger partial charge in [-0.2, -0.15) is 4.39 Å². The molecule has 210 valence electrons. The van der Waals surface area contributed by atoms with Gasteiger partial charge in [0.05, 0.1) is 23.6 Å². The third-order valence-electron chi connectivity index (χ3n) is 8.14. The number of H-pyrrole nitrogens is 1. The van der Waals surface area contributed by atoms with Crippen molar-refractivity contribution in [2.75, 3.05) is 0 Å². The quantitative estimate of drug-likeness (QED) is 0.250. The Morgan fingerprint density at radius 1 is 1.12 bits per heavy atom. The molecule has 13 heteroatoms. The van der Waals surface area contributed by atoms with Crippen LogP contribution in [0.2, 0.25) is 5.02 Å². The number of imidazole rings is 1. The molecule has 42 heavy (non-hydrogen) atoms. The molecule has 0 saturated heterocycles. The summed E-state index contributed by atoms with van der Waals surface area (Å²) < 4.78 is 49.8. The first-order chi connectivity index (χ1) is 20.3. The molecule has 0 radical (unpaired) electrons. The summed E-state index contributed by atoms with van der Waals surface area (Å²) >= 11 is 6.30. The standard InChI is InChI=1S/C29H19ClF3N7O2/c1-12-16-4-2-13(7-23(16)42-37-12)25-28(33)35-29(34-25)26-19-10-18(19)22-6-14(8-24(41)40(22)26)17-9-15(30)3-5-21(17)39-11-20(27(31)32)36-38-39/h2-9,11,18-19,26-27H,10H2,1H3,(H,34,35). The van der Waals surface area contributed by atoms with Crippen LogP contribution in [0.4, 0.5) is 13.2 Å². The minimum absolute atomic E-state index is 0.0773. The summed E-state index contributed by atoms with van der Waals surface area (Å²) in [7, 11) is 0. The average molecular weight is 590 g/mol. The molecular weight excluding hydrogens is 571 g/mol. The van der Waals surface area contributed by atoms with E-state index in [0.29, 0.717) is 38.8 Å². The van der Waals surface area contributed by atoms with Crippen LogP contribution in [0, 0.1) is 18.8 Å². The summed E-state index contributed by atoms with van der Waals surface area (Å²) in [6.45, 7) is 1.83. The van der Waals surface area contributed by atoms with Crippen LogP contribution in [0.5, 0.6) is 0 Å². The van der Waals surface area contributed by atoms with E-state index in [0.717, 1.165) is 29.4 Å². The molecule has 3 atom stereocenters. The van der Waals surface area contributed by atoms with Crippen molar-refractivity contribution < 1.29 is 17.7 Å². The van der Waals surface area contributed by atoms with E-state index in [9.17, 15) is 13.6 Å². The molecule has 6 aromatic rings. The van der Waals surface area contributed by atoms with Crippen molar-refractivity contribution in [2.24, 2.45) is 5.92 Å². The van der Waals surface area contributed by atoms with Crippen molar-refractivity contribution in [3.8, 4) is 28.1 Å². The number of alkyl halides is 2. The fourth-order valence-electron chi connectivity index (χ4n) is 6.10. The number of aryl methyl sites for hydroxylation is 1. The molecule has 2 aromatic carbocycles. The second-order valence-electron chi connectivity index (χ2n) is 10.6. The molecule has 1 saturated carbocycles. The van der Waals surface area contributed by atoms with Crippen molar-refractivity contribution in [1.82, 2.24) is 34.7 Å². The van der Waals surface area contributed by atoms with Crippen molar-refractivity contribution in [2.45, 2.75) is 31.7 Å². The van der Waals surface area contributed by atoms with E-state index in [4.69, 9.17) is 16.1 Å². The highest BCUT2D eigenvalue weighted by Crippen LogP contribution is 2.60. The van der Waals surface area contributed by atoms with Gasteiger partial charge in [-0.25, -0.2) is 18.4 Å². The van der Waals surface area contributed by atoms with E-state index in [1.807, 2.05) is 19.1 Å². The second-order valence-corrected chi connectivity index (χ2v) is 11.1. The zero-order chi connectivity index (χ0) is 28.9. The predicted molar refractivity (Wildman–Crippen MR) is 146 cm³/mol. The summed E-state index contributed by atoms with van der Waals surface area (Å²) in [5.74, 6) is -0.0702. The maximum atomic E-state index is 15.2. The lowest BCUT2D eigenvalue weighted by Gasteiger charge is -2.17. The Bertz CT molecular complexity index is 2110. The number of aromatic amines is 1. The number of pyridine rings is 1. The molecule has 0 bridgehead atoms. The molecule has 3 unspecified atom stereocenters. The van der Waals surface area contributed by atoms with Gasteiger partial charge in [-0.3, -0.25) is 4.79 Å². The molecule has 2 aliphatic rings. The van der Waals surface area contributed by atoms with Crippen LogP contribution in [-0.4, -0.2) is 34.7 Å². The van der Waals surface area contributed by atoms with Gasteiger partial charge < -0.3 is 14.1 Å². The molecule has 9 nitrogen and oxygen atoms in total. The third kappa shape index (κ3) is 3.74. The smallest absolute Gasteiger partial charge is 0.283 e. The molecular formula is C29H19ClF3N7O2. The third-order valence-corrected chi connectivity index (χ3v) is 8.37. The largest absolute Gasteiger partial charge is 0.356 e. The molecule has 8 rings (SSSR count). The summed E-state index contributed by atoms with van der Waals surface area (Å²) in [5, 5.41) is 12.6. The second kappa shape index (κ2) is 8.89. The molecule has 1 fully saturated rings. The molecule has 1 N–H and O–H groups in total. The van der Waals surface area contributed by atoms with Crippen molar-refractivity contribution in [3.63, 3.8) is 0 Å². The molecule has 4 aromatic heterocycles. The predicted octanol–water partition coefficient (Wildman–Crippen LogP) is 6.37. The number of fused-ring (bicyclic) bond motifs is 4. The summed E-state index contributed by atoms with van der Waals surface area (Å²) in [6.07, 6.45) is -0.809. The van der Waals surface area contributed by atoms with E-state index in [1.54, 1.807) is 34.9 Å². The van der Waals surface area contributed by atoms with Crippen molar-refractivity contribution >= 4 is 22.6 Å². The van der Waals surface area contributed by atoms with Crippen molar-refractivity contribution in [1.29, 1.82) is 0 Å². The summed E-state index contributed by atoms with van der Waals surface area (Å²) in [4.78, 5) is 21.0. The van der Waals surface area contributed by atoms with Crippen LogP contribution in [-0.2, 0) is 0 Å². The number of nitrogens with zero attached hydrogens (tertiary/aromatic N) is 6. The minimum atomic E-state index is -2.77. The van der Waals surface area contributed by atoms with Gasteiger partial charge in [-0.1, -0.05) is 28.0 Å². The van der Waals surface area contributed by atoms with Gasteiger partial charge in [0, 0.05) is 39.2 Å². The van der Waals surface area contributed by atoms with Gasteiger partial charge in [-0.15, -0.1) is 5.10 Å². The molecule has 0 spiro atoms. The van der Waals surface area contributed by atoms with E-state index in [2.05, 4.69) is 25.4 Å². The lowest BCUT2D eigenvalue weighted by Crippen LogP contribution is -2.26. The van der Waals surface area contributed by atoms with Crippen molar-refractivity contribution in [3.05, 3.63) is 99.0 Å². The molecule has 1 aliphatic carbocycles. The molecule has 0 amide bonds. The number of hydrogen-bond donors (Lipinski definition) is 1. The van der Waals surface area contributed by atoms with E-state index in [1.165, 1.54) is 10.7 Å². The van der Waals surface area contributed by atoms with E-state index in [-0.39, 0.29) is 23.1 Å². The molecule has 1 aliphatic heterocycles. The monoisotopic (exact) mass is 589 g/mol. The Balaban J connectivity index is 1.20. The van der Waals surface area contributed by atoms with Crippen LogP contribution in [0.3, 0.4) is 0 Å². The van der Waals surface area contributed by atoms with E-state index < -0.39 is 24.1 Å². The maximum absolute atomic E-state index is 15.2. The number of nitrogens with one attached hydrogen (secondary N) is 1. The fraction of sp³-hybridized carbons (Fsp3) is 0.207. The Labute approximate surface area is 239 Å². The lowest BCUT2D eigenvalue weighted by atomic mass is 10.0. The first-order valence-electron chi connectivity index (χ1n) is 13.2. The first kappa shape index (κ1) is 25.0. The van der Waals surface area contributed by atoms with Gasteiger partial charge in [0.2, 0.25) is 5.95 Å². The fourth-order valence-corrected chi connectivity index (χ4v) is 6.28. The van der Waals surface area contributed by atoms with Gasteiger partial charge in [0.1, 0.15) is 17.2 Å². The van der Waals surface area contributed by atoms with Crippen LogP contribution in [0.1, 0.15) is 47.7 Å². The van der Waals surface area contributed by atoms with Gasteiger partial charge >= 0.3 is 0 Å². The Kier molecular flexibility index (Phi) is 5.30. The highest BCUT2D eigenvalue weighted by atomic mass is 35.5. The zero-order valence-electron chi connectivity index (χ0n) is 21.7. The minimum Gasteiger partial charge on any atom is -0.356 e. The van der Waals surface area contributed by atoms with Crippen LogP contribution in [0.25, 0.3) is 39.0 Å². The van der Waals surface area contributed by atoms with Crippen LogP contribution >= 0.6 is 11.6 Å². The van der Waals surface area contributed by atoms with Gasteiger partial charge in [0.15, 0.2) is 5.58 Å². The lowest BCUT2D eigenvalue weighted by molar-refractivity contribution is 0.146.